The minimum atomic E-state index is 0.248. The highest BCUT2D eigenvalue weighted by molar-refractivity contribution is 6.14. The quantitative estimate of drug-likeness (QED) is 0.0801. The minimum Gasteiger partial charge on any atom is -0.380 e. The summed E-state index contributed by atoms with van der Waals surface area (Å²) >= 11 is 0. The molecule has 9 heteroatoms. The van der Waals surface area contributed by atoms with Crippen molar-refractivity contribution in [2.45, 2.75) is 38.9 Å². The van der Waals surface area contributed by atoms with Crippen LogP contribution in [0.2, 0.25) is 0 Å². The van der Waals surface area contributed by atoms with Gasteiger partial charge in [0.2, 0.25) is 0 Å². The lowest BCUT2D eigenvalue weighted by Crippen LogP contribution is -2.41. The summed E-state index contributed by atoms with van der Waals surface area (Å²) in [5.74, 6) is 0. The molecule has 0 bridgehead atoms. The molecule has 4 aliphatic rings. The lowest BCUT2D eigenvalue weighted by Gasteiger charge is -2.38. The van der Waals surface area contributed by atoms with E-state index in [-0.39, 0.29) is 11.5 Å². The van der Waals surface area contributed by atoms with E-state index < -0.39 is 0 Å². The first kappa shape index (κ1) is 75.8. The summed E-state index contributed by atoms with van der Waals surface area (Å²) in [6.07, 6.45) is 10.3. The highest BCUT2D eigenvalue weighted by atomic mass is 16.6. The van der Waals surface area contributed by atoms with Crippen LogP contribution in [0.1, 0.15) is 70.6 Å². The Morgan fingerprint density at radius 2 is 0.702 bits per heavy atom. The van der Waals surface area contributed by atoms with Gasteiger partial charge in [-0.3, -0.25) is 0 Å². The Labute approximate surface area is 706 Å². The molecular formula is C112H93N5O4. The van der Waals surface area contributed by atoms with Crippen LogP contribution in [0.3, 0.4) is 0 Å². The molecule has 2 atom stereocenters. The van der Waals surface area contributed by atoms with Gasteiger partial charge in [-0.1, -0.05) is 271 Å². The number of aromatic nitrogens is 4. The van der Waals surface area contributed by atoms with E-state index in [9.17, 15) is 0 Å². The van der Waals surface area contributed by atoms with Crippen molar-refractivity contribution >= 4 is 129 Å². The van der Waals surface area contributed by atoms with Crippen LogP contribution in [0, 0.1) is 10.8 Å². The molecule has 2 unspecified atom stereocenters. The first-order valence-electron chi connectivity index (χ1n) is 41.9. The molecule has 590 valence electrons. The van der Waals surface area contributed by atoms with E-state index >= 15 is 0 Å². The van der Waals surface area contributed by atoms with Gasteiger partial charge in [-0.25, -0.2) is 0 Å². The summed E-state index contributed by atoms with van der Waals surface area (Å²) in [5.41, 5.74) is 30.5. The van der Waals surface area contributed by atoms with E-state index in [1.807, 2.05) is 30.4 Å². The topological polar surface area (TPSA) is 66.5 Å². The number of rotatable bonds is 18. The van der Waals surface area contributed by atoms with Crippen molar-refractivity contribution in [3.8, 4) is 33.9 Å². The highest BCUT2D eigenvalue weighted by Crippen LogP contribution is 2.45. The summed E-state index contributed by atoms with van der Waals surface area (Å²) in [4.78, 5) is 2.24. The summed E-state index contributed by atoms with van der Waals surface area (Å²) < 4.78 is 31.4. The third-order valence-corrected chi connectivity index (χ3v) is 24.4. The van der Waals surface area contributed by atoms with Gasteiger partial charge in [-0.2, -0.15) is 0 Å². The maximum Gasteiger partial charge on any atom is 0.107 e. The van der Waals surface area contributed by atoms with Crippen LogP contribution >= 0.6 is 0 Å². The van der Waals surface area contributed by atoms with Gasteiger partial charge in [-0.05, 0) is 208 Å². The summed E-state index contributed by atoms with van der Waals surface area (Å²) in [6, 6.07) is 124. The second-order valence-electron chi connectivity index (χ2n) is 33.2. The number of anilines is 3. The molecule has 0 amide bonds. The van der Waals surface area contributed by atoms with E-state index in [0.29, 0.717) is 11.5 Å². The molecule has 4 aliphatic heterocycles. The number of para-hydroxylation sites is 6. The molecule has 0 saturated carbocycles. The third kappa shape index (κ3) is 14.8. The van der Waals surface area contributed by atoms with Gasteiger partial charge in [0.1, 0.15) is 12.2 Å². The van der Waals surface area contributed by atoms with Gasteiger partial charge in [0.05, 0.1) is 83.8 Å². The molecule has 23 rings (SSSR count). The molecule has 0 aliphatic carbocycles. The van der Waals surface area contributed by atoms with E-state index in [4.69, 9.17) is 18.9 Å². The SMILES string of the molecule is C=Cc1cc(-n2c3ccccc3c3ccccc32)cc(-n2c3ccccc3c3cc(C=C)ccc32)c1.C=Cc1ccc(N(c2ccccc2)c2cccc(C=C)c2)cc1.CC1(Cc2ccc(-c3ccc4c(c3)c3ccccc3n4-c3ccc(CC4(C)COC4)cc3)cc2)COC1.c1ccc2c(c1)c1c(C3CO3)cccc1n2-c1ccc(C2CO2)cc1. The number of nitrogens with zero attached hydrogens (tertiary/aromatic N) is 5. The Balaban J connectivity index is 0.000000105. The monoisotopic (exact) mass is 1570 g/mol. The molecule has 15 aromatic carbocycles. The van der Waals surface area contributed by atoms with Crippen molar-refractivity contribution in [2.75, 3.05) is 44.5 Å². The first-order chi connectivity index (χ1) is 59.5. The molecule has 8 heterocycles. The van der Waals surface area contributed by atoms with E-state index in [1.54, 1.807) is 0 Å². The standard InChI is InChI=1S/C34H24N2.C34H33NO2.C22H17NO2.C22H19N/c1-3-23-17-18-34-30(21-23)29-13-7-10-16-33(29)36(34)26-20-24(4-2)19-25(22-26)35-31-14-8-5-11-27(31)28-12-6-9-15-32(28)35;1-33(20-36-21-33)18-24-7-11-26(12-8-24)27-13-16-32-30(17-27)29-5-3-4-6-31(29)35(32)28-14-9-25(10-15-28)19-34(2)22-37-23-34;1-2-6-18-16(4-1)22-17(21-13-25-21)5-3-7-19(22)23(18)15-10-8-14(9-11-15)20-12-24-20;1-3-18-13-15-21(16-14-18)23(20-10-6-5-7-11-20)22-12-8-9-19(4-2)17-22/h3-22H,1-2H2;3-17H,18-23H2,1-2H3;1-11,20-21H,12-13H2;3-17H,1-2H2. The van der Waals surface area contributed by atoms with E-state index in [0.717, 1.165) is 103 Å². The molecule has 4 aromatic heterocycles. The molecular weight excluding hydrogens is 1480 g/mol. The van der Waals surface area contributed by atoms with Crippen LogP contribution in [-0.2, 0) is 31.8 Å². The number of hydrogen-bond donors (Lipinski definition) is 0. The fourth-order valence-corrected chi connectivity index (χ4v) is 18.2. The van der Waals surface area contributed by atoms with Gasteiger partial charge in [0.25, 0.3) is 0 Å². The van der Waals surface area contributed by atoms with Crippen LogP contribution in [0.5, 0.6) is 0 Å². The lowest BCUT2D eigenvalue weighted by molar-refractivity contribution is -0.100. The molecule has 0 N–H and O–H groups in total. The van der Waals surface area contributed by atoms with Gasteiger partial charge in [0.15, 0.2) is 0 Å². The Kier molecular flexibility index (Phi) is 20.1. The van der Waals surface area contributed by atoms with E-state index in [2.05, 4.69) is 403 Å². The van der Waals surface area contributed by atoms with Crippen LogP contribution in [0.25, 0.3) is 145 Å². The van der Waals surface area contributed by atoms with Gasteiger partial charge in [-0.15, -0.1) is 0 Å². The normalized spacial score (nSPS) is 15.4. The number of hydrogen-bond acceptors (Lipinski definition) is 5. The van der Waals surface area contributed by atoms with Crippen molar-refractivity contribution in [1.82, 2.24) is 18.3 Å². The van der Waals surface area contributed by atoms with E-state index in [1.165, 1.54) is 132 Å². The molecule has 0 radical (unpaired) electrons. The van der Waals surface area contributed by atoms with Crippen LogP contribution < -0.4 is 4.90 Å². The molecule has 0 spiro atoms. The average molecular weight is 1570 g/mol. The molecule has 19 aromatic rings. The van der Waals surface area contributed by atoms with Crippen LogP contribution in [0.15, 0.2) is 372 Å². The Morgan fingerprint density at radius 1 is 0.306 bits per heavy atom. The van der Waals surface area contributed by atoms with Crippen molar-refractivity contribution in [1.29, 1.82) is 0 Å². The Hall–Kier alpha value is -13.9. The van der Waals surface area contributed by atoms with Crippen LogP contribution in [-0.4, -0.2) is 57.9 Å². The summed E-state index contributed by atoms with van der Waals surface area (Å²) in [7, 11) is 0. The maximum absolute atomic E-state index is 5.59. The van der Waals surface area contributed by atoms with Gasteiger partial charge in [0, 0.05) is 93.7 Å². The molecule has 121 heavy (non-hydrogen) atoms. The third-order valence-electron chi connectivity index (χ3n) is 24.4. The Morgan fingerprint density at radius 3 is 1.22 bits per heavy atom. The first-order valence-corrected chi connectivity index (χ1v) is 41.9. The zero-order valence-corrected chi connectivity index (χ0v) is 68.2. The number of epoxide rings is 2. The summed E-state index contributed by atoms with van der Waals surface area (Å²) in [6.45, 7) is 25.5. The molecule has 4 saturated heterocycles. The second kappa shape index (κ2) is 32.1. The fourth-order valence-electron chi connectivity index (χ4n) is 18.2. The molecule has 4 fully saturated rings. The largest absolute Gasteiger partial charge is 0.380 e. The van der Waals surface area contributed by atoms with Crippen molar-refractivity contribution in [3.63, 3.8) is 0 Å². The van der Waals surface area contributed by atoms with Crippen molar-refractivity contribution < 1.29 is 18.9 Å². The van der Waals surface area contributed by atoms with Crippen LogP contribution in [0.4, 0.5) is 17.1 Å². The summed E-state index contributed by atoms with van der Waals surface area (Å²) in [5, 5.41) is 10.2. The number of benzene rings is 15. The number of fused-ring (bicyclic) bond motifs is 12. The predicted molar refractivity (Wildman–Crippen MR) is 506 cm³/mol. The second-order valence-corrected chi connectivity index (χ2v) is 33.2. The average Bonchev–Trinajstić information content (AvgIpc) is 1.58. The smallest absolute Gasteiger partial charge is 0.107 e. The fraction of sp³-hybridized carbons (Fsp3) is 0.125. The zero-order chi connectivity index (χ0) is 81.7. The minimum absolute atomic E-state index is 0.248. The Bertz CT molecular complexity index is 7090. The van der Waals surface area contributed by atoms with Crippen molar-refractivity contribution in [3.05, 3.63) is 417 Å². The lowest BCUT2D eigenvalue weighted by atomic mass is 9.82. The molecule has 9 nitrogen and oxygen atoms in total. The maximum atomic E-state index is 5.59. The number of ether oxygens (including phenoxy) is 4. The van der Waals surface area contributed by atoms with Gasteiger partial charge >= 0.3 is 0 Å². The predicted octanol–water partition coefficient (Wildman–Crippen LogP) is 28.1. The van der Waals surface area contributed by atoms with Gasteiger partial charge < -0.3 is 42.1 Å². The van der Waals surface area contributed by atoms with Crippen molar-refractivity contribution in [2.24, 2.45) is 10.8 Å². The zero-order valence-electron chi connectivity index (χ0n) is 68.2. The highest BCUT2D eigenvalue weighted by Gasteiger charge is 2.35.